The Balaban J connectivity index is 2.83. The summed E-state index contributed by atoms with van der Waals surface area (Å²) in [6.45, 7) is 2.00. The zero-order chi connectivity index (χ0) is 8.10. The van der Waals surface area contributed by atoms with E-state index < -0.39 is 0 Å². The highest BCUT2D eigenvalue weighted by atomic mass is 16.3. The molecule has 0 aliphatic rings. The van der Waals surface area contributed by atoms with Crippen molar-refractivity contribution in [1.29, 1.82) is 5.26 Å². The Morgan fingerprint density at radius 2 is 2.36 bits per heavy atom. The van der Waals surface area contributed by atoms with Crippen molar-refractivity contribution in [3.8, 4) is 17.9 Å². The Labute approximate surface area is 65.4 Å². The Morgan fingerprint density at radius 3 is 2.91 bits per heavy atom. The fourth-order valence-corrected chi connectivity index (χ4v) is 0.725. The molecular weight excluding hydrogens is 138 g/mol. The van der Waals surface area contributed by atoms with Crippen LogP contribution in [0.2, 0.25) is 0 Å². The first-order valence-electron chi connectivity index (χ1n) is 3.35. The molecule has 0 spiro atoms. The molecule has 11 heavy (non-hydrogen) atoms. The zero-order valence-corrected chi connectivity index (χ0v) is 6.22. The van der Waals surface area contributed by atoms with Crippen molar-refractivity contribution < 1.29 is 4.42 Å². The summed E-state index contributed by atoms with van der Waals surface area (Å²) in [5, 5.41) is 8.13. The summed E-state index contributed by atoms with van der Waals surface area (Å²) in [4.78, 5) is 0. The molecule has 0 unspecified atom stereocenters. The number of rotatable bonds is 1. The van der Waals surface area contributed by atoms with Crippen molar-refractivity contribution in [2.75, 3.05) is 0 Å². The lowest BCUT2D eigenvalue weighted by Crippen LogP contribution is -1.69. The Bertz CT molecular complexity index is 332. The van der Waals surface area contributed by atoms with Gasteiger partial charge in [0.15, 0.2) is 11.8 Å². The summed E-state index contributed by atoms with van der Waals surface area (Å²) in [5.74, 6) is 6.29. The van der Waals surface area contributed by atoms with E-state index in [2.05, 4.69) is 11.8 Å². The Hall–Kier alpha value is -1.67. The first-order valence-corrected chi connectivity index (χ1v) is 3.35. The van der Waals surface area contributed by atoms with E-state index in [-0.39, 0.29) is 0 Å². The van der Waals surface area contributed by atoms with Crippen LogP contribution in [-0.2, 0) is 6.42 Å². The maximum atomic E-state index is 8.13. The minimum absolute atomic E-state index is 0.559. The van der Waals surface area contributed by atoms with Gasteiger partial charge in [-0.1, -0.05) is 6.92 Å². The Kier molecular flexibility index (Phi) is 2.36. The summed E-state index contributed by atoms with van der Waals surface area (Å²) < 4.78 is 5.21. The van der Waals surface area contributed by atoms with Gasteiger partial charge in [-0.15, -0.1) is 0 Å². The number of hydrogen-bond acceptors (Lipinski definition) is 2. The average Bonchev–Trinajstić information content (AvgIpc) is 2.48. The largest absolute Gasteiger partial charge is 0.453 e. The molecule has 0 amide bonds. The lowest BCUT2D eigenvalue weighted by Gasteiger charge is -1.82. The monoisotopic (exact) mass is 145 g/mol. The van der Waals surface area contributed by atoms with Crippen molar-refractivity contribution in [2.45, 2.75) is 13.3 Å². The van der Waals surface area contributed by atoms with E-state index in [1.54, 1.807) is 12.1 Å². The van der Waals surface area contributed by atoms with Crippen LogP contribution in [0.25, 0.3) is 0 Å². The topological polar surface area (TPSA) is 36.9 Å². The minimum atomic E-state index is 0.559. The Morgan fingerprint density at radius 1 is 1.55 bits per heavy atom. The van der Waals surface area contributed by atoms with Gasteiger partial charge in [-0.05, 0) is 18.1 Å². The second-order valence-corrected chi connectivity index (χ2v) is 1.98. The molecule has 2 heteroatoms. The predicted molar refractivity (Wildman–Crippen MR) is 40.6 cm³/mol. The van der Waals surface area contributed by atoms with Crippen LogP contribution in [0, 0.1) is 23.2 Å². The molecule has 0 radical (unpaired) electrons. The number of aryl methyl sites for hydroxylation is 1. The van der Waals surface area contributed by atoms with Gasteiger partial charge in [-0.25, -0.2) is 0 Å². The highest BCUT2D eigenvalue weighted by molar-refractivity contribution is 5.31. The van der Waals surface area contributed by atoms with Gasteiger partial charge in [0, 0.05) is 12.3 Å². The van der Waals surface area contributed by atoms with Gasteiger partial charge in [-0.2, -0.15) is 5.26 Å². The molecule has 1 aromatic rings. The first kappa shape index (κ1) is 7.44. The van der Waals surface area contributed by atoms with Crippen molar-refractivity contribution in [2.24, 2.45) is 0 Å². The number of nitrogens with zero attached hydrogens (tertiary/aromatic N) is 1. The summed E-state index contributed by atoms with van der Waals surface area (Å²) in [6.07, 6.45) is 0.855. The van der Waals surface area contributed by atoms with Crippen LogP contribution in [0.15, 0.2) is 16.5 Å². The van der Waals surface area contributed by atoms with E-state index in [0.29, 0.717) is 5.76 Å². The summed E-state index contributed by atoms with van der Waals surface area (Å²) >= 11 is 0. The van der Waals surface area contributed by atoms with Crippen LogP contribution in [0.1, 0.15) is 18.4 Å². The summed E-state index contributed by atoms with van der Waals surface area (Å²) in [6, 6.07) is 5.35. The normalized spacial score (nSPS) is 8.00. The molecule has 0 aromatic carbocycles. The van der Waals surface area contributed by atoms with E-state index in [1.165, 1.54) is 0 Å². The second kappa shape index (κ2) is 3.49. The molecule has 2 nitrogen and oxygen atoms in total. The molecule has 0 bridgehead atoms. The quantitative estimate of drug-likeness (QED) is 0.564. The predicted octanol–water partition coefficient (Wildman–Crippen LogP) is 1.72. The van der Waals surface area contributed by atoms with Crippen molar-refractivity contribution in [1.82, 2.24) is 0 Å². The van der Waals surface area contributed by atoms with E-state index in [4.69, 9.17) is 9.68 Å². The van der Waals surface area contributed by atoms with Gasteiger partial charge < -0.3 is 4.42 Å². The van der Waals surface area contributed by atoms with Crippen LogP contribution in [0.3, 0.4) is 0 Å². The molecule has 0 fully saturated rings. The lowest BCUT2D eigenvalue weighted by molar-refractivity contribution is 0.505. The minimum Gasteiger partial charge on any atom is -0.453 e. The molecule has 0 N–H and O–H groups in total. The van der Waals surface area contributed by atoms with Gasteiger partial charge >= 0.3 is 0 Å². The molecule has 0 aliphatic heterocycles. The number of furan rings is 1. The molecule has 0 aliphatic carbocycles. The van der Waals surface area contributed by atoms with E-state index in [0.717, 1.165) is 12.2 Å². The van der Waals surface area contributed by atoms with E-state index >= 15 is 0 Å². The summed E-state index contributed by atoms with van der Waals surface area (Å²) in [7, 11) is 0. The number of nitriles is 1. The van der Waals surface area contributed by atoms with Gasteiger partial charge in [0.1, 0.15) is 5.76 Å². The smallest absolute Gasteiger partial charge is 0.178 e. The molecule has 0 atom stereocenters. The standard InChI is InChI=1S/C9H7NO/c1-2-8-5-6-9(11-8)4-3-7-10/h5-6H,2H2,1H3. The average molecular weight is 145 g/mol. The van der Waals surface area contributed by atoms with Crippen LogP contribution in [-0.4, -0.2) is 0 Å². The highest BCUT2D eigenvalue weighted by Crippen LogP contribution is 2.06. The molecule has 0 saturated heterocycles. The molecule has 54 valence electrons. The third kappa shape index (κ3) is 1.88. The van der Waals surface area contributed by atoms with Crippen molar-refractivity contribution in [3.05, 3.63) is 23.7 Å². The molecule has 1 aromatic heterocycles. The van der Waals surface area contributed by atoms with Crippen LogP contribution in [0.4, 0.5) is 0 Å². The molecule has 1 rings (SSSR count). The van der Waals surface area contributed by atoms with Crippen LogP contribution in [0.5, 0.6) is 0 Å². The van der Waals surface area contributed by atoms with Gasteiger partial charge in [-0.3, -0.25) is 0 Å². The van der Waals surface area contributed by atoms with Crippen LogP contribution >= 0.6 is 0 Å². The third-order valence-electron chi connectivity index (χ3n) is 1.25. The SMILES string of the molecule is CCc1ccc(C#CC#N)o1. The van der Waals surface area contributed by atoms with Crippen LogP contribution < -0.4 is 0 Å². The van der Waals surface area contributed by atoms with E-state index in [9.17, 15) is 0 Å². The first-order chi connectivity index (χ1) is 5.36. The van der Waals surface area contributed by atoms with Crippen molar-refractivity contribution in [3.63, 3.8) is 0 Å². The highest BCUT2D eigenvalue weighted by Gasteiger charge is 1.94. The fourth-order valence-electron chi connectivity index (χ4n) is 0.725. The fraction of sp³-hybridized carbons (Fsp3) is 0.222. The number of hydrogen-bond donors (Lipinski definition) is 0. The van der Waals surface area contributed by atoms with Gasteiger partial charge in [0.05, 0.1) is 0 Å². The van der Waals surface area contributed by atoms with Gasteiger partial charge in [0.25, 0.3) is 0 Å². The molecule has 1 heterocycles. The van der Waals surface area contributed by atoms with Gasteiger partial charge in [0.2, 0.25) is 0 Å². The molecule has 0 saturated carbocycles. The lowest BCUT2D eigenvalue weighted by atomic mass is 10.3. The molecular formula is C9H7NO. The third-order valence-corrected chi connectivity index (χ3v) is 1.25. The maximum Gasteiger partial charge on any atom is 0.178 e. The second-order valence-electron chi connectivity index (χ2n) is 1.98. The maximum absolute atomic E-state index is 8.13. The van der Waals surface area contributed by atoms with Crippen molar-refractivity contribution >= 4 is 0 Å². The van der Waals surface area contributed by atoms with E-state index in [1.807, 2.05) is 13.0 Å². The summed E-state index contributed by atoms with van der Waals surface area (Å²) in [5.41, 5.74) is 0. The zero-order valence-electron chi connectivity index (χ0n) is 6.22.